The summed E-state index contributed by atoms with van der Waals surface area (Å²) in [6.07, 6.45) is 7.57. The molecule has 1 saturated carbocycles. The Bertz CT molecular complexity index is 1830. The van der Waals surface area contributed by atoms with Crippen LogP contribution in [0.15, 0.2) is 48.1 Å². The van der Waals surface area contributed by atoms with Gasteiger partial charge in [-0.1, -0.05) is 19.9 Å². The molecule has 13 heteroatoms. The minimum absolute atomic E-state index is 0.0321. The molecule has 0 radical (unpaired) electrons. The van der Waals surface area contributed by atoms with Crippen molar-refractivity contribution in [2.75, 3.05) is 30.8 Å². The molecule has 0 amide bonds. The zero-order valence-corrected chi connectivity index (χ0v) is 28.4. The number of rotatable bonds is 14. The lowest BCUT2D eigenvalue weighted by Crippen LogP contribution is -2.58. The van der Waals surface area contributed by atoms with Crippen LogP contribution in [0.5, 0.6) is 0 Å². The van der Waals surface area contributed by atoms with E-state index in [1.807, 2.05) is 46.8 Å². The number of carbonyl (C=O) groups is 2. The molecule has 5 heterocycles. The highest BCUT2D eigenvalue weighted by Gasteiger charge is 2.44. The molecule has 46 heavy (non-hydrogen) atoms. The number of ketones is 2. The molecular weight excluding hydrogens is 623 g/mol. The van der Waals surface area contributed by atoms with Crippen LogP contribution in [0.1, 0.15) is 63.2 Å². The molecule has 1 aliphatic heterocycles. The number of Topliss-reactive ketones (excluding diaryl/α,β-unsaturated/α-hetero) is 2. The fraction of sp³-hybridized carbons (Fsp3) is 0.485. The van der Waals surface area contributed by atoms with E-state index in [2.05, 4.69) is 35.5 Å². The van der Waals surface area contributed by atoms with Crippen LogP contribution in [0.25, 0.3) is 27.5 Å². The summed E-state index contributed by atoms with van der Waals surface area (Å²) in [4.78, 5) is 42.5. The summed E-state index contributed by atoms with van der Waals surface area (Å²) in [5, 5.41) is 6.54. The van der Waals surface area contributed by atoms with Gasteiger partial charge in [-0.15, -0.1) is 11.3 Å². The largest absolute Gasteiger partial charge is 0.346 e. The van der Waals surface area contributed by atoms with E-state index in [1.165, 1.54) is 0 Å². The van der Waals surface area contributed by atoms with Gasteiger partial charge in [0.1, 0.15) is 5.82 Å². The number of nitrogens with zero attached hydrogens (tertiary/aromatic N) is 6. The molecule has 2 aliphatic rings. The molecule has 4 aromatic heterocycles. The number of fused-ring (bicyclic) bond motifs is 1. The molecule has 1 N–H and O–H groups in total. The summed E-state index contributed by atoms with van der Waals surface area (Å²) >= 11 is 1.61. The van der Waals surface area contributed by atoms with Gasteiger partial charge in [0.2, 0.25) is 10.0 Å². The first-order valence-electron chi connectivity index (χ1n) is 16.0. The summed E-state index contributed by atoms with van der Waals surface area (Å²) < 4.78 is 27.6. The predicted molar refractivity (Wildman–Crippen MR) is 181 cm³/mol. The normalized spacial score (nSPS) is 20.5. The van der Waals surface area contributed by atoms with Crippen molar-refractivity contribution in [3.63, 3.8) is 0 Å². The third-order valence-corrected chi connectivity index (χ3v) is 11.0. The smallest absolute Gasteiger partial charge is 0.208 e. The topological polar surface area (TPSA) is 130 Å². The maximum atomic E-state index is 13.7. The molecule has 0 spiro atoms. The van der Waals surface area contributed by atoms with Crippen molar-refractivity contribution in [2.24, 2.45) is 5.92 Å². The van der Waals surface area contributed by atoms with Gasteiger partial charge in [0.25, 0.3) is 0 Å². The lowest BCUT2D eigenvalue weighted by atomic mass is 9.74. The Balaban J connectivity index is 1.30. The lowest BCUT2D eigenvalue weighted by molar-refractivity contribution is -0.128. The van der Waals surface area contributed by atoms with Gasteiger partial charge in [-0.3, -0.25) is 9.59 Å². The number of sulfonamides is 1. The van der Waals surface area contributed by atoms with Crippen molar-refractivity contribution in [3.05, 3.63) is 53.7 Å². The van der Waals surface area contributed by atoms with E-state index >= 15 is 0 Å². The molecule has 4 aromatic rings. The third-order valence-electron chi connectivity index (χ3n) is 9.34. The molecular formula is C33H41N7O4S2. The Labute approximate surface area is 274 Å². The number of aromatic nitrogens is 4. The van der Waals surface area contributed by atoms with Crippen molar-refractivity contribution >= 4 is 44.4 Å². The van der Waals surface area contributed by atoms with Crippen molar-refractivity contribution in [1.29, 1.82) is 0 Å². The summed E-state index contributed by atoms with van der Waals surface area (Å²) in [5.74, 6) is 0.521. The molecule has 2 atom stereocenters. The molecule has 0 aromatic carbocycles. The summed E-state index contributed by atoms with van der Waals surface area (Å²) in [6.45, 7) is 8.93. The van der Waals surface area contributed by atoms with E-state index in [0.29, 0.717) is 60.5 Å². The Hall–Kier alpha value is -3.52. The first-order valence-corrected chi connectivity index (χ1v) is 18.8. The van der Waals surface area contributed by atoms with Crippen LogP contribution in [0, 0.1) is 5.92 Å². The average Bonchev–Trinajstić information content (AvgIpc) is 3.67. The molecule has 0 bridgehead atoms. The number of carbonyl (C=O) groups excluding carboxylic acids is 2. The second-order valence-corrected chi connectivity index (χ2v) is 15.1. The number of hydrogen-bond acceptors (Lipinski definition) is 10. The quantitative estimate of drug-likeness (QED) is 0.191. The second kappa shape index (κ2) is 13.3. The number of anilines is 1. The van der Waals surface area contributed by atoms with Gasteiger partial charge in [-0.2, -0.15) is 5.10 Å². The van der Waals surface area contributed by atoms with Gasteiger partial charge in [-0.25, -0.2) is 27.6 Å². The van der Waals surface area contributed by atoms with Crippen LogP contribution in [0.3, 0.4) is 0 Å². The monoisotopic (exact) mass is 663 g/mol. The Morgan fingerprint density at radius 1 is 1.13 bits per heavy atom. The number of pyridine rings is 1. The van der Waals surface area contributed by atoms with Gasteiger partial charge < -0.3 is 9.80 Å². The zero-order valence-electron chi connectivity index (χ0n) is 26.7. The molecule has 244 valence electrons. The minimum Gasteiger partial charge on any atom is -0.346 e. The maximum Gasteiger partial charge on any atom is 0.208 e. The first kappa shape index (κ1) is 32.4. The zero-order chi connectivity index (χ0) is 32.6. The predicted octanol–water partition coefficient (Wildman–Crippen LogP) is 4.69. The van der Waals surface area contributed by atoms with Crippen LogP contribution < -0.4 is 9.62 Å². The van der Waals surface area contributed by atoms with E-state index in [9.17, 15) is 18.0 Å². The summed E-state index contributed by atoms with van der Waals surface area (Å²) in [5.41, 5.74) is 3.32. The number of hydrogen-bond donors (Lipinski definition) is 1. The van der Waals surface area contributed by atoms with Crippen molar-refractivity contribution < 1.29 is 18.0 Å². The van der Waals surface area contributed by atoms with Crippen molar-refractivity contribution in [3.8, 4) is 21.8 Å². The molecule has 0 unspecified atom stereocenters. The third kappa shape index (κ3) is 6.78. The fourth-order valence-corrected chi connectivity index (χ4v) is 8.06. The summed E-state index contributed by atoms with van der Waals surface area (Å²) in [6, 6.07) is 9.31. The van der Waals surface area contributed by atoms with Gasteiger partial charge in [0.15, 0.2) is 17.2 Å². The molecule has 11 nitrogen and oxygen atoms in total. The maximum absolute atomic E-state index is 13.7. The lowest BCUT2D eigenvalue weighted by Gasteiger charge is -2.45. The second-order valence-electron chi connectivity index (χ2n) is 12.4. The summed E-state index contributed by atoms with van der Waals surface area (Å²) in [7, 11) is -3.32. The van der Waals surface area contributed by atoms with Gasteiger partial charge in [0, 0.05) is 42.7 Å². The highest BCUT2D eigenvalue weighted by Crippen LogP contribution is 2.37. The molecule has 2 fully saturated rings. The Morgan fingerprint density at radius 2 is 1.91 bits per heavy atom. The van der Waals surface area contributed by atoms with Gasteiger partial charge in [-0.05, 0) is 75.3 Å². The standard InChI is InChI=1S/C33H41N7O4S2/c1-5-38(6-2)21(3)9-10-29(41)22-18-27(25-20-34-40-14-11-26(36-33(25)40)30-8-7-15-45-30)35-31(19-22)39-13-12-28(39)32(42)23-16-24(17-23)37-46(4,43)44/h7-8,11,14-15,18-21,23-24,28,37H,5-6,9-10,12-13,16-17H2,1-4H3/t21-,23?,24?,28-/m0/s1. The number of thiophene rings is 1. The van der Waals surface area contributed by atoms with Crippen LogP contribution in [-0.2, 0) is 14.8 Å². The van der Waals surface area contributed by atoms with Gasteiger partial charge >= 0.3 is 0 Å². The van der Waals surface area contributed by atoms with E-state index in [-0.39, 0.29) is 35.6 Å². The van der Waals surface area contributed by atoms with Gasteiger partial charge in [0.05, 0.1) is 40.3 Å². The van der Waals surface area contributed by atoms with E-state index in [1.54, 1.807) is 22.0 Å². The van der Waals surface area contributed by atoms with Crippen molar-refractivity contribution in [1.82, 2.24) is 29.2 Å². The highest BCUT2D eigenvalue weighted by atomic mass is 32.2. The van der Waals surface area contributed by atoms with E-state index in [0.717, 1.165) is 36.3 Å². The molecule has 6 rings (SSSR count). The first-order chi connectivity index (χ1) is 22.0. The van der Waals surface area contributed by atoms with Crippen molar-refractivity contribution in [2.45, 2.75) is 71.0 Å². The number of nitrogens with one attached hydrogen (secondary N) is 1. The SMILES string of the molecule is CCN(CC)[C@@H](C)CCC(=O)c1cc(-c2cnn3ccc(-c4cccs4)nc23)nc(N2CC[C@H]2C(=O)C2CC(NS(C)(=O)=O)C2)c1. The van der Waals surface area contributed by atoms with Crippen LogP contribution in [0.2, 0.25) is 0 Å². The molecule has 1 saturated heterocycles. The van der Waals surface area contributed by atoms with Crippen LogP contribution in [-0.4, -0.2) is 88.5 Å². The fourth-order valence-electron chi connectivity index (χ4n) is 6.57. The minimum atomic E-state index is -3.32. The van der Waals surface area contributed by atoms with Crippen LogP contribution in [0.4, 0.5) is 5.82 Å². The molecule has 1 aliphatic carbocycles. The Kier molecular flexibility index (Phi) is 9.38. The van der Waals surface area contributed by atoms with E-state index in [4.69, 9.17) is 9.97 Å². The van der Waals surface area contributed by atoms with E-state index < -0.39 is 10.0 Å². The average molecular weight is 664 g/mol. The highest BCUT2D eigenvalue weighted by molar-refractivity contribution is 7.88. The van der Waals surface area contributed by atoms with Crippen LogP contribution >= 0.6 is 11.3 Å². The Morgan fingerprint density at radius 3 is 2.57 bits per heavy atom.